The maximum absolute atomic E-state index is 11.4. The molecule has 0 aliphatic heterocycles. The van der Waals surface area contributed by atoms with Gasteiger partial charge in [-0.3, -0.25) is 9.17 Å². The van der Waals surface area contributed by atoms with Crippen LogP contribution in [0.2, 0.25) is 0 Å². The van der Waals surface area contributed by atoms with Crippen molar-refractivity contribution >= 4 is 16.6 Å². The quantitative estimate of drug-likeness (QED) is 0.792. The molecule has 1 unspecified atom stereocenters. The van der Waals surface area contributed by atoms with Gasteiger partial charge in [-0.2, -0.15) is 4.36 Å². The van der Waals surface area contributed by atoms with Gasteiger partial charge in [-0.25, -0.2) is 4.21 Å². The molecule has 0 fully saturated rings. The van der Waals surface area contributed by atoms with Crippen molar-refractivity contribution in [1.29, 1.82) is 0 Å². The summed E-state index contributed by atoms with van der Waals surface area (Å²) >= 11 is 0. The Labute approximate surface area is 139 Å². The summed E-state index contributed by atoms with van der Waals surface area (Å²) in [5.41, 5.74) is 3.69. The van der Waals surface area contributed by atoms with Gasteiger partial charge < -0.3 is 5.32 Å². The molecular formula is C17H23N3O2S. The number of hydrogen-bond donors (Lipinski definition) is 2. The fourth-order valence-electron chi connectivity index (χ4n) is 2.34. The molecule has 0 aliphatic rings. The third-order valence-electron chi connectivity index (χ3n) is 3.69. The van der Waals surface area contributed by atoms with Gasteiger partial charge >= 0.3 is 0 Å². The third-order valence-corrected chi connectivity index (χ3v) is 4.38. The van der Waals surface area contributed by atoms with Crippen molar-refractivity contribution in [3.63, 3.8) is 0 Å². The first-order valence-corrected chi connectivity index (χ1v) is 8.65. The predicted octanol–water partition coefficient (Wildman–Crippen LogP) is 3.66. The van der Waals surface area contributed by atoms with E-state index in [4.69, 9.17) is 4.18 Å². The van der Waals surface area contributed by atoms with Gasteiger partial charge in [0.15, 0.2) is 10.9 Å². The van der Waals surface area contributed by atoms with E-state index in [1.165, 1.54) is 12.7 Å². The molecule has 5 nitrogen and oxygen atoms in total. The number of pyridine rings is 1. The number of aryl methyl sites for hydroxylation is 1. The molecule has 1 aromatic carbocycles. The van der Waals surface area contributed by atoms with E-state index < -0.39 is 10.9 Å². The zero-order valence-corrected chi connectivity index (χ0v) is 14.7. The smallest absolute Gasteiger partial charge is 0.157 e. The van der Waals surface area contributed by atoms with Crippen molar-refractivity contribution in [1.82, 2.24) is 10.3 Å². The van der Waals surface area contributed by atoms with Crippen LogP contribution in [-0.2, 0) is 15.1 Å². The zero-order valence-electron chi connectivity index (χ0n) is 13.9. The summed E-state index contributed by atoms with van der Waals surface area (Å²) in [6, 6.07) is 12.6. The summed E-state index contributed by atoms with van der Waals surface area (Å²) < 4.78 is 20.1. The van der Waals surface area contributed by atoms with Crippen LogP contribution in [0, 0.1) is 6.92 Å². The van der Waals surface area contributed by atoms with Crippen molar-refractivity contribution in [2.45, 2.75) is 32.9 Å². The average Bonchev–Trinajstić information content (AvgIpc) is 2.57. The van der Waals surface area contributed by atoms with E-state index in [-0.39, 0.29) is 12.1 Å². The molecule has 0 bridgehead atoms. The molecule has 0 saturated heterocycles. The van der Waals surface area contributed by atoms with E-state index in [2.05, 4.69) is 40.6 Å². The largest absolute Gasteiger partial charge is 0.302 e. The van der Waals surface area contributed by atoms with Crippen LogP contribution in [0.25, 0.3) is 0 Å². The van der Waals surface area contributed by atoms with Gasteiger partial charge in [-0.15, -0.1) is 0 Å². The second-order valence-corrected chi connectivity index (χ2v) is 6.48. The SMILES string of the molecule is CO[SH](=O)=Nc1cnc([C@@H](C)N[C@H](C)c2ccccc2)cc1C. The normalized spacial score (nSPS) is 15.3. The topological polar surface area (TPSA) is 63.6 Å². The summed E-state index contributed by atoms with van der Waals surface area (Å²) in [4.78, 5) is 4.43. The molecule has 0 amide bonds. The maximum atomic E-state index is 11.4. The van der Waals surface area contributed by atoms with Gasteiger partial charge in [-0.05, 0) is 38.0 Å². The Morgan fingerprint density at radius 2 is 1.91 bits per heavy atom. The summed E-state index contributed by atoms with van der Waals surface area (Å²) in [5, 5.41) is 3.54. The van der Waals surface area contributed by atoms with Gasteiger partial charge in [-0.1, -0.05) is 30.3 Å². The first kappa shape index (κ1) is 17.6. The van der Waals surface area contributed by atoms with Crippen LogP contribution in [0.4, 0.5) is 5.69 Å². The number of rotatable bonds is 6. The summed E-state index contributed by atoms with van der Waals surface area (Å²) in [5.74, 6) is 0. The van der Waals surface area contributed by atoms with Gasteiger partial charge in [0.05, 0.1) is 24.7 Å². The standard InChI is InChI=1S/C17H23N3O2S/c1-12-10-16(18-11-17(12)20-23(21)22-4)14(3)19-13(2)15-8-6-5-7-9-15/h5-11,13-14,19,23H,1-4H3/t13-,14-/m1/s1. The van der Waals surface area contributed by atoms with E-state index in [1.807, 2.05) is 31.2 Å². The molecule has 23 heavy (non-hydrogen) atoms. The van der Waals surface area contributed by atoms with Crippen LogP contribution in [0.1, 0.15) is 42.8 Å². The number of benzene rings is 1. The minimum Gasteiger partial charge on any atom is -0.302 e. The minimum absolute atomic E-state index is 0.0918. The molecule has 1 N–H and O–H groups in total. The lowest BCUT2D eigenvalue weighted by Crippen LogP contribution is -2.23. The van der Waals surface area contributed by atoms with E-state index in [0.717, 1.165) is 11.3 Å². The molecule has 1 heterocycles. The van der Waals surface area contributed by atoms with Crippen LogP contribution in [0.3, 0.4) is 0 Å². The highest BCUT2D eigenvalue weighted by atomic mass is 32.2. The maximum Gasteiger partial charge on any atom is 0.157 e. The van der Waals surface area contributed by atoms with Crippen LogP contribution in [-0.4, -0.2) is 16.3 Å². The lowest BCUT2D eigenvalue weighted by Gasteiger charge is -2.20. The minimum atomic E-state index is -2.02. The number of nitrogens with zero attached hydrogens (tertiary/aromatic N) is 2. The van der Waals surface area contributed by atoms with Crippen LogP contribution < -0.4 is 5.32 Å². The van der Waals surface area contributed by atoms with Crippen LogP contribution in [0.15, 0.2) is 47.0 Å². The van der Waals surface area contributed by atoms with Crippen molar-refractivity contribution in [3.05, 3.63) is 59.4 Å². The van der Waals surface area contributed by atoms with Gasteiger partial charge in [0.2, 0.25) is 0 Å². The Balaban J connectivity index is 2.12. The van der Waals surface area contributed by atoms with Gasteiger partial charge in [0, 0.05) is 12.1 Å². The summed E-state index contributed by atoms with van der Waals surface area (Å²) in [6.07, 6.45) is 1.64. The Morgan fingerprint density at radius 1 is 1.22 bits per heavy atom. The Kier molecular flexibility index (Phi) is 6.27. The molecule has 0 aliphatic carbocycles. The lowest BCUT2D eigenvalue weighted by molar-refractivity contribution is 0.453. The second kappa shape index (κ2) is 8.19. The fourth-order valence-corrected chi connectivity index (χ4v) is 2.81. The predicted molar refractivity (Wildman–Crippen MR) is 94.0 cm³/mol. The third kappa shape index (κ3) is 4.86. The number of thiol groups is 1. The number of hydrogen-bond acceptors (Lipinski definition) is 5. The van der Waals surface area contributed by atoms with E-state index in [9.17, 15) is 4.21 Å². The molecule has 0 spiro atoms. The Bertz CT molecular complexity index is 728. The Morgan fingerprint density at radius 3 is 2.52 bits per heavy atom. The van der Waals surface area contributed by atoms with E-state index in [1.54, 1.807) is 6.20 Å². The molecule has 124 valence electrons. The first-order valence-electron chi connectivity index (χ1n) is 7.51. The lowest BCUT2D eigenvalue weighted by atomic mass is 10.1. The van der Waals surface area contributed by atoms with Crippen molar-refractivity contribution in [2.24, 2.45) is 4.36 Å². The van der Waals surface area contributed by atoms with E-state index >= 15 is 0 Å². The molecule has 0 radical (unpaired) electrons. The summed E-state index contributed by atoms with van der Waals surface area (Å²) in [6.45, 7) is 6.13. The monoisotopic (exact) mass is 333 g/mol. The van der Waals surface area contributed by atoms with Crippen molar-refractivity contribution in [3.8, 4) is 0 Å². The number of aromatic nitrogens is 1. The molecule has 2 aromatic rings. The van der Waals surface area contributed by atoms with Crippen LogP contribution in [0.5, 0.6) is 0 Å². The Hall–Kier alpha value is -1.76. The molecule has 0 saturated carbocycles. The average molecular weight is 333 g/mol. The van der Waals surface area contributed by atoms with Crippen molar-refractivity contribution in [2.75, 3.05) is 7.11 Å². The van der Waals surface area contributed by atoms with E-state index in [0.29, 0.717) is 5.69 Å². The molecule has 6 heteroatoms. The van der Waals surface area contributed by atoms with Gasteiger partial charge in [0.25, 0.3) is 0 Å². The molecule has 1 aromatic heterocycles. The zero-order chi connectivity index (χ0) is 16.8. The second-order valence-electron chi connectivity index (χ2n) is 5.44. The van der Waals surface area contributed by atoms with Gasteiger partial charge in [0.1, 0.15) is 0 Å². The summed E-state index contributed by atoms with van der Waals surface area (Å²) in [7, 11) is -0.649. The fraction of sp³-hybridized carbons (Fsp3) is 0.353. The number of nitrogens with one attached hydrogen (secondary N) is 1. The van der Waals surface area contributed by atoms with Crippen LogP contribution >= 0.6 is 0 Å². The molecule has 3 atom stereocenters. The molecular weight excluding hydrogens is 310 g/mol. The first-order chi connectivity index (χ1) is 11.0. The highest BCUT2D eigenvalue weighted by Gasteiger charge is 2.13. The highest BCUT2D eigenvalue weighted by Crippen LogP contribution is 2.23. The highest BCUT2D eigenvalue weighted by molar-refractivity contribution is 7.69. The van der Waals surface area contributed by atoms with Crippen molar-refractivity contribution < 1.29 is 8.39 Å². The molecule has 2 rings (SSSR count).